The van der Waals surface area contributed by atoms with E-state index in [1.807, 2.05) is 13.0 Å². The molecule has 0 spiro atoms. The molecule has 1 aliphatic heterocycles. The van der Waals surface area contributed by atoms with E-state index in [4.69, 9.17) is 4.98 Å². The van der Waals surface area contributed by atoms with Crippen LogP contribution < -0.4 is 10.2 Å². The van der Waals surface area contributed by atoms with E-state index in [0.717, 1.165) is 36.5 Å². The summed E-state index contributed by atoms with van der Waals surface area (Å²) in [4.78, 5) is 11.7. The molecule has 2 aromatic rings. The van der Waals surface area contributed by atoms with Crippen LogP contribution >= 0.6 is 0 Å². The van der Waals surface area contributed by atoms with Crippen molar-refractivity contribution in [2.75, 3.05) is 23.3 Å². The normalized spacial score (nSPS) is 15.8. The summed E-state index contributed by atoms with van der Waals surface area (Å²) < 4.78 is 0. The minimum absolute atomic E-state index is 0.378. The zero-order valence-corrected chi connectivity index (χ0v) is 15.0. The highest BCUT2D eigenvalue weighted by molar-refractivity contribution is 5.44. The van der Waals surface area contributed by atoms with Crippen LogP contribution in [-0.2, 0) is 6.42 Å². The Labute approximate surface area is 145 Å². The smallest absolute Gasteiger partial charge is 0.227 e. The summed E-state index contributed by atoms with van der Waals surface area (Å²) in [5.74, 6) is 2.57. The van der Waals surface area contributed by atoms with E-state index in [0.29, 0.717) is 6.04 Å². The molecule has 1 aliphatic rings. The predicted octanol–water partition coefficient (Wildman–Crippen LogP) is 4.06. The summed E-state index contributed by atoms with van der Waals surface area (Å²) in [6.45, 7) is 8.39. The number of anilines is 2. The van der Waals surface area contributed by atoms with Gasteiger partial charge in [0.2, 0.25) is 5.95 Å². The van der Waals surface area contributed by atoms with Crippen LogP contribution in [0, 0.1) is 12.8 Å². The SMILES string of the molecule is Cc1cc(NC(C)C)nc(N2CCC(Cc3ccccc3)CC2)n1. The van der Waals surface area contributed by atoms with Crippen molar-refractivity contribution in [1.82, 2.24) is 9.97 Å². The van der Waals surface area contributed by atoms with Crippen molar-refractivity contribution in [3.8, 4) is 0 Å². The molecular weight excluding hydrogens is 296 g/mol. The van der Waals surface area contributed by atoms with Gasteiger partial charge < -0.3 is 10.2 Å². The summed E-state index contributed by atoms with van der Waals surface area (Å²) in [7, 11) is 0. The molecule has 128 valence electrons. The minimum atomic E-state index is 0.378. The van der Waals surface area contributed by atoms with Crippen molar-refractivity contribution in [2.45, 2.75) is 46.1 Å². The Kier molecular flexibility index (Phi) is 5.34. The van der Waals surface area contributed by atoms with E-state index in [9.17, 15) is 0 Å². The number of piperidine rings is 1. The van der Waals surface area contributed by atoms with Crippen LogP contribution in [0.5, 0.6) is 0 Å². The third-order valence-corrected chi connectivity index (χ3v) is 4.54. The summed E-state index contributed by atoms with van der Waals surface area (Å²) in [5.41, 5.74) is 2.47. The van der Waals surface area contributed by atoms with Crippen molar-refractivity contribution < 1.29 is 0 Å². The Bertz CT molecular complexity index is 646. The first-order chi connectivity index (χ1) is 11.6. The lowest BCUT2D eigenvalue weighted by Crippen LogP contribution is -2.35. The van der Waals surface area contributed by atoms with Crippen molar-refractivity contribution >= 4 is 11.8 Å². The van der Waals surface area contributed by atoms with Gasteiger partial charge in [0.25, 0.3) is 0 Å². The second-order valence-corrected chi connectivity index (χ2v) is 7.11. The number of benzene rings is 1. The third kappa shape index (κ3) is 4.47. The highest BCUT2D eigenvalue weighted by atomic mass is 15.3. The molecular formula is C20H28N4. The zero-order valence-electron chi connectivity index (χ0n) is 15.0. The standard InChI is InChI=1S/C20H28N4/c1-15(2)21-19-13-16(3)22-20(23-19)24-11-9-18(10-12-24)14-17-7-5-4-6-8-17/h4-8,13,15,18H,9-12,14H2,1-3H3,(H,21,22,23). The molecule has 1 aromatic carbocycles. The van der Waals surface area contributed by atoms with Gasteiger partial charge in [-0.2, -0.15) is 4.98 Å². The molecule has 0 unspecified atom stereocenters. The van der Waals surface area contributed by atoms with E-state index in [-0.39, 0.29) is 0 Å². The van der Waals surface area contributed by atoms with Crippen LogP contribution in [0.4, 0.5) is 11.8 Å². The average Bonchev–Trinajstić information content (AvgIpc) is 2.55. The summed E-state index contributed by atoms with van der Waals surface area (Å²) in [6, 6.07) is 13.2. The summed E-state index contributed by atoms with van der Waals surface area (Å²) >= 11 is 0. The first-order valence-corrected chi connectivity index (χ1v) is 9.01. The van der Waals surface area contributed by atoms with Crippen LogP contribution in [0.15, 0.2) is 36.4 Å². The highest BCUT2D eigenvalue weighted by Crippen LogP contribution is 2.25. The van der Waals surface area contributed by atoms with Crippen molar-refractivity contribution in [3.05, 3.63) is 47.7 Å². The number of nitrogens with one attached hydrogen (secondary N) is 1. The van der Waals surface area contributed by atoms with Gasteiger partial charge >= 0.3 is 0 Å². The third-order valence-electron chi connectivity index (χ3n) is 4.54. The molecule has 1 aromatic heterocycles. The lowest BCUT2D eigenvalue weighted by atomic mass is 9.90. The Morgan fingerprint density at radius 2 is 1.83 bits per heavy atom. The maximum absolute atomic E-state index is 4.71. The Morgan fingerprint density at radius 3 is 2.50 bits per heavy atom. The second kappa shape index (κ2) is 7.65. The van der Waals surface area contributed by atoms with Gasteiger partial charge in [-0.1, -0.05) is 30.3 Å². The van der Waals surface area contributed by atoms with Crippen molar-refractivity contribution in [2.24, 2.45) is 5.92 Å². The van der Waals surface area contributed by atoms with E-state index in [1.165, 1.54) is 24.8 Å². The molecule has 0 amide bonds. The molecule has 0 atom stereocenters. The maximum Gasteiger partial charge on any atom is 0.227 e. The fourth-order valence-corrected chi connectivity index (χ4v) is 3.35. The van der Waals surface area contributed by atoms with Crippen molar-refractivity contribution in [1.29, 1.82) is 0 Å². The molecule has 0 saturated carbocycles. The Hall–Kier alpha value is -2.10. The fourth-order valence-electron chi connectivity index (χ4n) is 3.35. The molecule has 4 heteroatoms. The topological polar surface area (TPSA) is 41.1 Å². The van der Waals surface area contributed by atoms with Crippen LogP contribution in [-0.4, -0.2) is 29.1 Å². The monoisotopic (exact) mass is 324 g/mol. The average molecular weight is 324 g/mol. The van der Waals surface area contributed by atoms with Gasteiger partial charge in [0.05, 0.1) is 0 Å². The molecule has 24 heavy (non-hydrogen) atoms. The number of hydrogen-bond acceptors (Lipinski definition) is 4. The minimum Gasteiger partial charge on any atom is -0.368 e. The lowest BCUT2D eigenvalue weighted by molar-refractivity contribution is 0.400. The van der Waals surface area contributed by atoms with Crippen LogP contribution in [0.3, 0.4) is 0 Å². The number of rotatable bonds is 5. The number of hydrogen-bond donors (Lipinski definition) is 1. The largest absolute Gasteiger partial charge is 0.368 e. The maximum atomic E-state index is 4.71. The number of aromatic nitrogens is 2. The van der Waals surface area contributed by atoms with E-state index in [1.54, 1.807) is 0 Å². The molecule has 1 saturated heterocycles. The van der Waals surface area contributed by atoms with E-state index in [2.05, 4.69) is 59.4 Å². The lowest BCUT2D eigenvalue weighted by Gasteiger charge is -2.32. The molecule has 0 radical (unpaired) electrons. The summed E-state index contributed by atoms with van der Waals surface area (Å²) in [5, 5.41) is 3.39. The van der Waals surface area contributed by atoms with Crippen LogP contribution in [0.2, 0.25) is 0 Å². The molecule has 2 heterocycles. The first kappa shape index (κ1) is 16.7. The Balaban J connectivity index is 1.61. The predicted molar refractivity (Wildman–Crippen MR) is 101 cm³/mol. The number of aryl methyl sites for hydroxylation is 1. The molecule has 1 N–H and O–H groups in total. The van der Waals surface area contributed by atoms with Crippen molar-refractivity contribution in [3.63, 3.8) is 0 Å². The van der Waals surface area contributed by atoms with Crippen LogP contribution in [0.1, 0.15) is 37.9 Å². The molecule has 0 aliphatic carbocycles. The zero-order chi connectivity index (χ0) is 16.9. The van der Waals surface area contributed by atoms with Gasteiger partial charge in [-0.15, -0.1) is 0 Å². The van der Waals surface area contributed by atoms with Gasteiger partial charge in [-0.05, 0) is 51.5 Å². The van der Waals surface area contributed by atoms with Gasteiger partial charge in [0, 0.05) is 30.9 Å². The molecule has 3 rings (SSSR count). The quantitative estimate of drug-likeness (QED) is 0.900. The highest BCUT2D eigenvalue weighted by Gasteiger charge is 2.21. The van der Waals surface area contributed by atoms with Gasteiger partial charge in [-0.3, -0.25) is 0 Å². The van der Waals surface area contributed by atoms with E-state index >= 15 is 0 Å². The Morgan fingerprint density at radius 1 is 1.12 bits per heavy atom. The molecule has 4 nitrogen and oxygen atoms in total. The van der Waals surface area contributed by atoms with Gasteiger partial charge in [0.15, 0.2) is 0 Å². The fraction of sp³-hybridized carbons (Fsp3) is 0.500. The second-order valence-electron chi connectivity index (χ2n) is 7.11. The van der Waals surface area contributed by atoms with Crippen LogP contribution in [0.25, 0.3) is 0 Å². The van der Waals surface area contributed by atoms with Gasteiger partial charge in [-0.25, -0.2) is 4.98 Å². The summed E-state index contributed by atoms with van der Waals surface area (Å²) in [6.07, 6.45) is 3.60. The van der Waals surface area contributed by atoms with Gasteiger partial charge in [0.1, 0.15) is 5.82 Å². The molecule has 1 fully saturated rings. The number of nitrogens with zero attached hydrogens (tertiary/aromatic N) is 3. The first-order valence-electron chi connectivity index (χ1n) is 9.01. The molecule has 0 bridgehead atoms. The van der Waals surface area contributed by atoms with E-state index < -0.39 is 0 Å².